The fourth-order valence-electron chi connectivity index (χ4n) is 4.82. The number of amides is 5. The summed E-state index contributed by atoms with van der Waals surface area (Å²) in [5.41, 5.74) is 4.80. The quantitative estimate of drug-likeness (QED) is 0.0371. The van der Waals surface area contributed by atoms with Gasteiger partial charge in [-0.25, -0.2) is 24.4 Å². The highest BCUT2D eigenvalue weighted by Gasteiger charge is 2.66. The summed E-state index contributed by atoms with van der Waals surface area (Å²) >= 11 is 7.48. The summed E-state index contributed by atoms with van der Waals surface area (Å²) in [7, 11) is 0. The number of aromatic nitrogens is 1. The number of halogens is 1. The predicted octanol–water partition coefficient (Wildman–Crippen LogP) is -0.794. The fraction of sp³-hybridized carbons (Fsp3) is 0.346. The molecule has 4 heterocycles. The minimum atomic E-state index is -2.08. The first-order valence-corrected chi connectivity index (χ1v) is 15.9. The van der Waals surface area contributed by atoms with E-state index in [0.29, 0.717) is 16.8 Å². The van der Waals surface area contributed by atoms with Gasteiger partial charge in [0.2, 0.25) is 16.4 Å². The molecular formula is C26H25ClN8O12S2. The molecule has 0 radical (unpaired) electrons. The van der Waals surface area contributed by atoms with Crippen molar-refractivity contribution < 1.29 is 58.8 Å². The number of oxime groups is 1. The van der Waals surface area contributed by atoms with Gasteiger partial charge in [-0.2, -0.15) is 0 Å². The minimum Gasteiger partial charge on any atom is -0.504 e. The van der Waals surface area contributed by atoms with E-state index >= 15 is 0 Å². The number of rotatable bonds is 11. The summed E-state index contributed by atoms with van der Waals surface area (Å²) in [6.07, 6.45) is 0. The summed E-state index contributed by atoms with van der Waals surface area (Å²) in [5, 5.41) is 45.6. The number of thiazole rings is 1. The number of aliphatic carboxylic acids is 2. The van der Waals surface area contributed by atoms with Crippen molar-refractivity contribution in [2.45, 2.75) is 35.7 Å². The molecule has 0 spiro atoms. The molecule has 1 aromatic heterocycles. The molecule has 260 valence electrons. The summed E-state index contributed by atoms with van der Waals surface area (Å²) in [5.74, 6) is -8.74. The molecular weight excluding hydrogens is 716 g/mol. The number of carboxylic acid groups (broad SMARTS) is 2. The van der Waals surface area contributed by atoms with Gasteiger partial charge in [0.05, 0.1) is 23.7 Å². The third kappa shape index (κ3) is 6.08. The van der Waals surface area contributed by atoms with Gasteiger partial charge in [0.15, 0.2) is 22.3 Å². The van der Waals surface area contributed by atoms with Crippen LogP contribution in [0, 0.1) is 0 Å². The number of phenols is 2. The molecule has 0 bridgehead atoms. The first kappa shape index (κ1) is 35.0. The molecule has 49 heavy (non-hydrogen) atoms. The van der Waals surface area contributed by atoms with Gasteiger partial charge in [0.1, 0.15) is 17.1 Å². The number of nitrogens with zero attached hydrogens (tertiary/aromatic N) is 5. The molecule has 23 heteroatoms. The number of hydrazine groups is 1. The number of carboxylic acids is 2. The molecule has 1 aromatic carbocycles. The number of nitrogens with two attached hydrogens (primary N) is 1. The van der Waals surface area contributed by atoms with Gasteiger partial charge in [-0.1, -0.05) is 28.5 Å². The molecule has 3 fully saturated rings. The van der Waals surface area contributed by atoms with Crippen molar-refractivity contribution in [1.82, 2.24) is 30.5 Å². The fourth-order valence-corrected chi connectivity index (χ4v) is 7.25. The van der Waals surface area contributed by atoms with E-state index in [1.54, 1.807) is 0 Å². The van der Waals surface area contributed by atoms with Crippen molar-refractivity contribution in [2.75, 3.05) is 25.4 Å². The lowest BCUT2D eigenvalue weighted by atomic mass is 10.1. The van der Waals surface area contributed by atoms with E-state index in [1.807, 2.05) is 0 Å². The van der Waals surface area contributed by atoms with Crippen LogP contribution in [-0.4, -0.2) is 129 Å². The average molecular weight is 741 g/mol. The lowest BCUT2D eigenvalue weighted by Crippen LogP contribution is -2.68. The van der Waals surface area contributed by atoms with Gasteiger partial charge in [0, 0.05) is 11.9 Å². The molecule has 3 aliphatic heterocycles. The van der Waals surface area contributed by atoms with Crippen molar-refractivity contribution in [3.63, 3.8) is 0 Å². The average Bonchev–Trinajstić information content (AvgIpc) is 3.74. The molecule has 20 nitrogen and oxygen atoms in total. The zero-order valence-corrected chi connectivity index (χ0v) is 27.5. The van der Waals surface area contributed by atoms with Crippen LogP contribution in [0.25, 0.3) is 0 Å². The van der Waals surface area contributed by atoms with Crippen LogP contribution in [-0.2, 0) is 28.8 Å². The van der Waals surface area contributed by atoms with Gasteiger partial charge in [0.25, 0.3) is 11.7 Å². The maximum Gasteiger partial charge on any atom is 0.350 e. The predicted molar refractivity (Wildman–Crippen MR) is 167 cm³/mol. The third-order valence-corrected chi connectivity index (χ3v) is 10.3. The number of β-lactam (4-membered cyclic amide) rings is 1. The van der Waals surface area contributed by atoms with Gasteiger partial charge >= 0.3 is 23.9 Å². The molecule has 0 saturated carbocycles. The van der Waals surface area contributed by atoms with Gasteiger partial charge in [-0.15, -0.1) is 11.3 Å². The van der Waals surface area contributed by atoms with E-state index in [9.17, 15) is 54.0 Å². The van der Waals surface area contributed by atoms with E-state index in [0.717, 1.165) is 33.3 Å². The molecule has 0 aliphatic carbocycles. The van der Waals surface area contributed by atoms with Crippen LogP contribution in [0.15, 0.2) is 22.7 Å². The molecule has 2 aromatic rings. The second kappa shape index (κ2) is 12.6. The largest absolute Gasteiger partial charge is 0.504 e. The summed E-state index contributed by atoms with van der Waals surface area (Å²) < 4.78 is 0. The van der Waals surface area contributed by atoms with Crippen molar-refractivity contribution in [3.05, 3.63) is 33.8 Å². The third-order valence-electron chi connectivity index (χ3n) is 7.55. The number of ketones is 1. The molecule has 8 N–H and O–H groups in total. The van der Waals surface area contributed by atoms with E-state index in [2.05, 4.69) is 20.9 Å². The Kier molecular flexibility index (Phi) is 8.99. The highest BCUT2D eigenvalue weighted by Crippen LogP contribution is 2.49. The Labute approximate surface area is 287 Å². The number of carbonyl (C=O) groups excluding carboxylic acids is 5. The van der Waals surface area contributed by atoms with E-state index in [1.165, 1.54) is 19.2 Å². The van der Waals surface area contributed by atoms with Gasteiger partial charge < -0.3 is 41.2 Å². The lowest BCUT2D eigenvalue weighted by Gasteiger charge is -2.41. The lowest BCUT2D eigenvalue weighted by molar-refractivity contribution is -0.161. The molecule has 3 saturated heterocycles. The summed E-state index contributed by atoms with van der Waals surface area (Å²) in [6, 6.07) is -0.437. The van der Waals surface area contributed by atoms with Crippen molar-refractivity contribution in [1.29, 1.82) is 0 Å². The molecule has 3 aliphatic rings. The van der Waals surface area contributed by atoms with Gasteiger partial charge in [-0.05, 0) is 26.0 Å². The van der Waals surface area contributed by atoms with Crippen molar-refractivity contribution >= 4 is 87.0 Å². The Bertz CT molecular complexity index is 1850. The zero-order valence-electron chi connectivity index (χ0n) is 25.1. The van der Waals surface area contributed by atoms with Crippen LogP contribution in [0.1, 0.15) is 29.9 Å². The van der Waals surface area contributed by atoms with E-state index < -0.39 is 97.7 Å². The normalized spacial score (nSPS) is 22.0. The van der Waals surface area contributed by atoms with E-state index in [-0.39, 0.29) is 23.9 Å². The Balaban J connectivity index is 1.30. The Morgan fingerprint density at radius 2 is 1.84 bits per heavy atom. The second-order valence-corrected chi connectivity index (χ2v) is 13.7. The van der Waals surface area contributed by atoms with Crippen molar-refractivity contribution in [3.8, 4) is 11.5 Å². The zero-order chi connectivity index (χ0) is 36.2. The Morgan fingerprint density at radius 1 is 1.14 bits per heavy atom. The minimum absolute atomic E-state index is 0.0461. The first-order chi connectivity index (χ1) is 22.9. The molecule has 3 atom stereocenters. The number of benzene rings is 1. The first-order valence-electron chi connectivity index (χ1n) is 13.8. The summed E-state index contributed by atoms with van der Waals surface area (Å²) in [4.78, 5) is 98.3. The number of hydrogen-bond donors (Lipinski definition) is 7. The van der Waals surface area contributed by atoms with Crippen molar-refractivity contribution in [2.24, 2.45) is 5.16 Å². The second-order valence-electron chi connectivity index (χ2n) is 11.1. The highest BCUT2D eigenvalue weighted by atomic mass is 35.5. The highest BCUT2D eigenvalue weighted by molar-refractivity contribution is 8.02. The van der Waals surface area contributed by atoms with Crippen LogP contribution in [0.3, 0.4) is 0 Å². The molecule has 2 unspecified atom stereocenters. The van der Waals surface area contributed by atoms with Crippen LogP contribution < -0.4 is 16.5 Å². The number of thioether (sulfide) groups is 1. The number of urea groups is 1. The molecule has 5 rings (SSSR count). The standard InChI is InChI=1S/C26H25ClN8O12S2/c1-25(2,21(42)43)47-32-13(10-7-48-23(28)29-10)17(39)30-14-19(41)33-8-26(22(44)45,49-20(14)33)34-5-6-35(24(34)46)31-18(40)15(37)9-3-4-11(36)16(38)12(9)27/h3-4,7,14,20,36,38H,5-6,8H2,1-2H3,(H2,28,29)(H,30,39)(H,31,40)(H,42,43)(H,44,45)/b32-13-/t14?,20-,26?/m1/s1. The maximum atomic E-state index is 13.4. The number of anilines is 1. The Hall–Kier alpha value is -5.35. The van der Waals surface area contributed by atoms with Gasteiger partial charge in [-0.3, -0.25) is 29.5 Å². The van der Waals surface area contributed by atoms with Crippen LogP contribution in [0.5, 0.6) is 11.5 Å². The number of Topliss-reactive ketones (excluding diaryl/α,β-unsaturated/α-hetero) is 1. The van der Waals surface area contributed by atoms with Crippen LogP contribution in [0.4, 0.5) is 9.93 Å². The number of phenolic OH excluding ortho intramolecular Hbond substituents is 2. The smallest absolute Gasteiger partial charge is 0.350 e. The van der Waals surface area contributed by atoms with Crippen LogP contribution in [0.2, 0.25) is 5.02 Å². The summed E-state index contributed by atoms with van der Waals surface area (Å²) in [6.45, 7) is 1.32. The number of aromatic hydroxyl groups is 2. The number of hydrogen-bond acceptors (Lipinski definition) is 15. The van der Waals surface area contributed by atoms with E-state index in [4.69, 9.17) is 22.2 Å². The number of nitrogen functional groups attached to an aromatic ring is 1. The number of fused-ring (bicyclic) bond motifs is 1. The Morgan fingerprint density at radius 3 is 2.45 bits per heavy atom. The maximum absolute atomic E-state index is 13.4. The monoisotopic (exact) mass is 740 g/mol. The van der Waals surface area contributed by atoms with Crippen LogP contribution >= 0.6 is 34.7 Å². The number of carbonyl (C=O) groups is 7. The topological polar surface area (TPSA) is 295 Å². The SMILES string of the molecule is CC(C)(O/N=C(\C(=O)NC1C(=O)N2CC(C(=O)O)(N3CCN(NC(=O)C(=O)c4ccc(O)c(O)c4Cl)C3=O)S[C@H]12)c1csc(N)n1)C(=O)O. The number of nitrogens with one attached hydrogen (secondary N) is 2. The molecule has 5 amide bonds.